The minimum absolute atomic E-state index is 0.0954. The molecule has 4 nitrogen and oxygen atoms in total. The summed E-state index contributed by atoms with van der Waals surface area (Å²) < 4.78 is 0. The van der Waals surface area contributed by atoms with Gasteiger partial charge in [-0.2, -0.15) is 12.6 Å². The Kier molecular flexibility index (Phi) is 3.97. The summed E-state index contributed by atoms with van der Waals surface area (Å²) in [6.45, 7) is 3.94. The monoisotopic (exact) mass is 243 g/mol. The van der Waals surface area contributed by atoms with E-state index in [0.29, 0.717) is 12.0 Å². The van der Waals surface area contributed by atoms with E-state index in [1.165, 1.54) is 12.8 Å². The molecule has 0 aromatic heterocycles. The fraction of sp³-hybridized carbons (Fsp3) is 0.909. The number of carbonyl (C=O) groups is 1. The molecule has 0 aromatic carbocycles. The number of nitrogens with one attached hydrogen (secondary N) is 1. The standard InChI is InChI=1S/C11H21N3OS/c1-13-4-2-9(3-5-13)10-8-14(6-7-16)11(15)12-10/h9-10,16H,2-8H2,1H3,(H,12,15). The van der Waals surface area contributed by atoms with Gasteiger partial charge < -0.3 is 15.1 Å². The van der Waals surface area contributed by atoms with Crippen LogP contribution in [0.15, 0.2) is 0 Å². The number of urea groups is 1. The Bertz CT molecular complexity index is 254. The number of hydrogen-bond donors (Lipinski definition) is 2. The molecule has 2 heterocycles. The van der Waals surface area contributed by atoms with Crippen molar-refractivity contribution >= 4 is 18.7 Å². The first-order valence-corrected chi connectivity index (χ1v) is 6.69. The van der Waals surface area contributed by atoms with Gasteiger partial charge in [0, 0.05) is 18.8 Å². The predicted molar refractivity (Wildman–Crippen MR) is 68.0 cm³/mol. The average Bonchev–Trinajstić information content (AvgIpc) is 2.62. The highest BCUT2D eigenvalue weighted by molar-refractivity contribution is 7.80. The van der Waals surface area contributed by atoms with E-state index in [0.717, 1.165) is 31.9 Å². The second-order valence-electron chi connectivity index (χ2n) is 4.87. The molecule has 5 heteroatoms. The molecule has 92 valence electrons. The number of amides is 2. The molecule has 0 spiro atoms. The first-order chi connectivity index (χ1) is 7.70. The molecule has 1 atom stereocenters. The number of carbonyl (C=O) groups excluding carboxylic acids is 1. The van der Waals surface area contributed by atoms with E-state index in [4.69, 9.17) is 0 Å². The highest BCUT2D eigenvalue weighted by atomic mass is 32.1. The second kappa shape index (κ2) is 5.27. The van der Waals surface area contributed by atoms with Crippen LogP contribution in [0.2, 0.25) is 0 Å². The van der Waals surface area contributed by atoms with E-state index >= 15 is 0 Å². The lowest BCUT2D eigenvalue weighted by atomic mass is 9.90. The lowest BCUT2D eigenvalue weighted by molar-refractivity contribution is 0.191. The number of thiol groups is 1. The van der Waals surface area contributed by atoms with Gasteiger partial charge in [0.15, 0.2) is 0 Å². The molecule has 0 bridgehead atoms. The molecule has 2 fully saturated rings. The molecule has 2 rings (SSSR count). The maximum absolute atomic E-state index is 11.7. The summed E-state index contributed by atoms with van der Waals surface area (Å²) in [6, 6.07) is 0.457. The van der Waals surface area contributed by atoms with Gasteiger partial charge in [0.25, 0.3) is 0 Å². The van der Waals surface area contributed by atoms with E-state index in [2.05, 4.69) is 29.9 Å². The largest absolute Gasteiger partial charge is 0.333 e. The zero-order valence-corrected chi connectivity index (χ0v) is 10.7. The first-order valence-electron chi connectivity index (χ1n) is 6.05. The molecule has 0 radical (unpaired) electrons. The number of nitrogens with zero attached hydrogens (tertiary/aromatic N) is 2. The lowest BCUT2D eigenvalue weighted by Gasteiger charge is -2.32. The van der Waals surface area contributed by atoms with Crippen LogP contribution in [0.25, 0.3) is 0 Å². The van der Waals surface area contributed by atoms with E-state index in [9.17, 15) is 4.79 Å². The Morgan fingerprint density at radius 3 is 2.75 bits per heavy atom. The molecule has 0 aromatic rings. The molecule has 1 N–H and O–H groups in total. The van der Waals surface area contributed by atoms with Gasteiger partial charge in [0.05, 0.1) is 6.04 Å². The minimum atomic E-state index is 0.0954. The van der Waals surface area contributed by atoms with E-state index in [-0.39, 0.29) is 6.03 Å². The summed E-state index contributed by atoms with van der Waals surface area (Å²) in [6.07, 6.45) is 2.41. The molecular formula is C11H21N3OS. The Balaban J connectivity index is 1.85. The number of hydrogen-bond acceptors (Lipinski definition) is 3. The van der Waals surface area contributed by atoms with Crippen LogP contribution in [0.5, 0.6) is 0 Å². The molecule has 0 saturated carbocycles. The van der Waals surface area contributed by atoms with Gasteiger partial charge in [0.1, 0.15) is 0 Å². The third-order valence-corrected chi connectivity index (χ3v) is 3.92. The van der Waals surface area contributed by atoms with Crippen molar-refractivity contribution in [2.75, 3.05) is 39.0 Å². The van der Waals surface area contributed by atoms with Gasteiger partial charge in [0.2, 0.25) is 0 Å². The molecule has 2 aliphatic rings. The Morgan fingerprint density at radius 2 is 2.12 bits per heavy atom. The number of likely N-dealkylation sites (tertiary alicyclic amines) is 1. The minimum Gasteiger partial charge on any atom is -0.333 e. The Labute approximate surface area is 103 Å². The van der Waals surface area contributed by atoms with Gasteiger partial charge in [-0.05, 0) is 38.9 Å². The normalized spacial score (nSPS) is 28.5. The molecule has 2 aliphatic heterocycles. The van der Waals surface area contributed by atoms with Crippen molar-refractivity contribution in [1.82, 2.24) is 15.1 Å². The summed E-state index contributed by atoms with van der Waals surface area (Å²) in [5, 5.41) is 3.11. The summed E-state index contributed by atoms with van der Waals surface area (Å²) in [7, 11) is 2.16. The molecule has 0 aliphatic carbocycles. The van der Waals surface area contributed by atoms with Crippen LogP contribution in [0, 0.1) is 5.92 Å². The SMILES string of the molecule is CN1CCC(C2CN(CCS)C(=O)N2)CC1. The predicted octanol–water partition coefficient (Wildman–Crippen LogP) is 0.652. The van der Waals surface area contributed by atoms with Gasteiger partial charge in [-0.1, -0.05) is 0 Å². The van der Waals surface area contributed by atoms with Crippen molar-refractivity contribution in [3.8, 4) is 0 Å². The van der Waals surface area contributed by atoms with Crippen LogP contribution < -0.4 is 5.32 Å². The summed E-state index contributed by atoms with van der Waals surface area (Å²) in [5.41, 5.74) is 0. The number of piperidine rings is 1. The van der Waals surface area contributed by atoms with Crippen LogP contribution in [0.1, 0.15) is 12.8 Å². The fourth-order valence-electron chi connectivity index (χ4n) is 2.63. The van der Waals surface area contributed by atoms with E-state index in [1.54, 1.807) is 0 Å². The summed E-state index contributed by atoms with van der Waals surface area (Å²) in [5.74, 6) is 1.40. The maximum atomic E-state index is 11.7. The van der Waals surface area contributed by atoms with Crippen molar-refractivity contribution in [2.45, 2.75) is 18.9 Å². The molecule has 2 amide bonds. The number of rotatable bonds is 3. The van der Waals surface area contributed by atoms with Gasteiger partial charge in [-0.3, -0.25) is 0 Å². The average molecular weight is 243 g/mol. The molecule has 1 unspecified atom stereocenters. The summed E-state index contributed by atoms with van der Waals surface area (Å²) >= 11 is 4.18. The van der Waals surface area contributed by atoms with Crippen molar-refractivity contribution in [3.63, 3.8) is 0 Å². The Morgan fingerprint density at radius 1 is 1.44 bits per heavy atom. The highest BCUT2D eigenvalue weighted by Gasteiger charge is 2.34. The van der Waals surface area contributed by atoms with Gasteiger partial charge in [-0.15, -0.1) is 0 Å². The maximum Gasteiger partial charge on any atom is 0.317 e. The topological polar surface area (TPSA) is 35.6 Å². The zero-order chi connectivity index (χ0) is 11.5. The van der Waals surface area contributed by atoms with Crippen molar-refractivity contribution in [1.29, 1.82) is 0 Å². The quantitative estimate of drug-likeness (QED) is 0.714. The summed E-state index contributed by atoms with van der Waals surface area (Å²) in [4.78, 5) is 15.9. The van der Waals surface area contributed by atoms with Gasteiger partial charge >= 0.3 is 6.03 Å². The lowest BCUT2D eigenvalue weighted by Crippen LogP contribution is -2.41. The fourth-order valence-corrected chi connectivity index (χ4v) is 2.87. The first kappa shape index (κ1) is 12.0. The van der Waals surface area contributed by atoms with Crippen molar-refractivity contribution < 1.29 is 4.79 Å². The van der Waals surface area contributed by atoms with E-state index < -0.39 is 0 Å². The van der Waals surface area contributed by atoms with Crippen LogP contribution in [-0.4, -0.2) is 60.9 Å². The second-order valence-corrected chi connectivity index (χ2v) is 5.31. The van der Waals surface area contributed by atoms with Crippen LogP contribution >= 0.6 is 12.6 Å². The molecule has 2 saturated heterocycles. The smallest absolute Gasteiger partial charge is 0.317 e. The molecular weight excluding hydrogens is 222 g/mol. The van der Waals surface area contributed by atoms with Crippen molar-refractivity contribution in [3.05, 3.63) is 0 Å². The third kappa shape index (κ3) is 2.63. The van der Waals surface area contributed by atoms with Gasteiger partial charge in [-0.25, -0.2) is 4.79 Å². The molecule has 16 heavy (non-hydrogen) atoms. The van der Waals surface area contributed by atoms with Crippen LogP contribution in [0.3, 0.4) is 0 Å². The third-order valence-electron chi connectivity index (χ3n) is 3.72. The Hall–Kier alpha value is -0.420. The van der Waals surface area contributed by atoms with Crippen molar-refractivity contribution in [2.24, 2.45) is 5.92 Å². The van der Waals surface area contributed by atoms with E-state index in [1.807, 2.05) is 4.90 Å². The van der Waals surface area contributed by atoms with Crippen LogP contribution in [-0.2, 0) is 0 Å². The highest BCUT2D eigenvalue weighted by Crippen LogP contribution is 2.23. The van der Waals surface area contributed by atoms with Crippen LogP contribution in [0.4, 0.5) is 4.79 Å². The zero-order valence-electron chi connectivity index (χ0n) is 9.85.